The van der Waals surface area contributed by atoms with Gasteiger partial charge in [0.05, 0.1) is 12.2 Å². The van der Waals surface area contributed by atoms with Crippen molar-refractivity contribution in [1.82, 2.24) is 19.7 Å². The van der Waals surface area contributed by atoms with Gasteiger partial charge in [0, 0.05) is 48.0 Å². The van der Waals surface area contributed by atoms with Crippen molar-refractivity contribution >= 4 is 34.4 Å². The first kappa shape index (κ1) is 27.6. The minimum absolute atomic E-state index is 0.0552. The normalized spacial score (nSPS) is 11.9. The third-order valence-electron chi connectivity index (χ3n) is 7.12. The van der Waals surface area contributed by atoms with Crippen molar-refractivity contribution in [2.45, 2.75) is 59.5 Å². The highest BCUT2D eigenvalue weighted by Crippen LogP contribution is 2.28. The molecule has 4 aromatic rings. The number of rotatable bonds is 10. The molecule has 9 nitrogen and oxygen atoms in total. The standard InChI is InChI=1S/C30H35N5O4/c1-18-15-34(33-20(18)3)17-22-9-10-23(7-6-8-28(36)37)26(13-22)32-29(38)21(4)35-16-19(2)25-12-11-24(14-27(25)35)30(39)31-5/h9-16,21H,6-8,17H2,1-5H3,(H,31,39)(H,32,38)(H,36,37). The molecule has 4 rings (SSSR count). The summed E-state index contributed by atoms with van der Waals surface area (Å²) in [5, 5.41) is 20.3. The Labute approximate surface area is 227 Å². The summed E-state index contributed by atoms with van der Waals surface area (Å²) in [6.07, 6.45) is 4.96. The molecule has 0 aliphatic rings. The molecule has 0 spiro atoms. The van der Waals surface area contributed by atoms with Gasteiger partial charge >= 0.3 is 5.97 Å². The van der Waals surface area contributed by atoms with Gasteiger partial charge < -0.3 is 20.3 Å². The highest BCUT2D eigenvalue weighted by atomic mass is 16.4. The lowest BCUT2D eigenvalue weighted by Crippen LogP contribution is -2.24. The average Bonchev–Trinajstić information content (AvgIpc) is 3.40. The number of fused-ring (bicyclic) bond motifs is 1. The molecule has 39 heavy (non-hydrogen) atoms. The molecule has 2 heterocycles. The van der Waals surface area contributed by atoms with Crippen LogP contribution in [0, 0.1) is 20.8 Å². The number of benzene rings is 2. The first-order valence-corrected chi connectivity index (χ1v) is 13.1. The number of aliphatic carboxylic acids is 1. The van der Waals surface area contributed by atoms with Crippen molar-refractivity contribution in [2.24, 2.45) is 0 Å². The summed E-state index contributed by atoms with van der Waals surface area (Å²) < 4.78 is 3.76. The van der Waals surface area contributed by atoms with Crippen molar-refractivity contribution in [3.05, 3.63) is 82.3 Å². The summed E-state index contributed by atoms with van der Waals surface area (Å²) >= 11 is 0. The molecular formula is C30H35N5O4. The van der Waals surface area contributed by atoms with Crippen molar-refractivity contribution in [2.75, 3.05) is 12.4 Å². The Bertz CT molecular complexity index is 1530. The van der Waals surface area contributed by atoms with Crippen molar-refractivity contribution in [3.8, 4) is 0 Å². The number of aryl methyl sites for hydroxylation is 4. The van der Waals surface area contributed by atoms with Gasteiger partial charge in [0.25, 0.3) is 5.91 Å². The van der Waals surface area contributed by atoms with Crippen molar-refractivity contribution in [3.63, 3.8) is 0 Å². The van der Waals surface area contributed by atoms with Crippen LogP contribution in [0.1, 0.15) is 64.1 Å². The van der Waals surface area contributed by atoms with E-state index in [1.807, 2.05) is 73.6 Å². The van der Waals surface area contributed by atoms with Crippen LogP contribution in [0.15, 0.2) is 48.8 Å². The predicted octanol–water partition coefficient (Wildman–Crippen LogP) is 4.78. The van der Waals surface area contributed by atoms with E-state index in [1.54, 1.807) is 19.2 Å². The Morgan fingerprint density at radius 2 is 1.79 bits per heavy atom. The van der Waals surface area contributed by atoms with Crippen LogP contribution in [0.25, 0.3) is 10.9 Å². The van der Waals surface area contributed by atoms with E-state index in [9.17, 15) is 14.4 Å². The molecule has 2 aromatic heterocycles. The van der Waals surface area contributed by atoms with Crippen LogP contribution in [-0.2, 0) is 22.6 Å². The van der Waals surface area contributed by atoms with Crippen LogP contribution in [0.5, 0.6) is 0 Å². The van der Waals surface area contributed by atoms with Gasteiger partial charge in [0.15, 0.2) is 0 Å². The largest absolute Gasteiger partial charge is 0.481 e. The third-order valence-corrected chi connectivity index (χ3v) is 7.12. The number of carbonyl (C=O) groups is 3. The molecule has 0 radical (unpaired) electrons. The quantitative estimate of drug-likeness (QED) is 0.273. The molecule has 0 saturated heterocycles. The zero-order valence-electron chi connectivity index (χ0n) is 23.0. The maximum absolute atomic E-state index is 13.6. The van der Waals surface area contributed by atoms with E-state index in [4.69, 9.17) is 5.11 Å². The van der Waals surface area contributed by atoms with E-state index in [-0.39, 0.29) is 18.2 Å². The lowest BCUT2D eigenvalue weighted by molar-refractivity contribution is -0.137. The second-order valence-corrected chi connectivity index (χ2v) is 10.0. The summed E-state index contributed by atoms with van der Waals surface area (Å²) in [6, 6.07) is 10.8. The fraction of sp³-hybridized carbons (Fsp3) is 0.333. The number of carboxylic acids is 1. The number of hydrogen-bond donors (Lipinski definition) is 3. The van der Waals surface area contributed by atoms with Gasteiger partial charge in [-0.15, -0.1) is 0 Å². The monoisotopic (exact) mass is 529 g/mol. The van der Waals surface area contributed by atoms with E-state index < -0.39 is 12.0 Å². The second-order valence-electron chi connectivity index (χ2n) is 10.0. The molecule has 0 fully saturated rings. The van der Waals surface area contributed by atoms with E-state index >= 15 is 0 Å². The highest BCUT2D eigenvalue weighted by molar-refractivity contribution is 6.00. The summed E-state index contributed by atoms with van der Waals surface area (Å²) in [5.41, 5.74) is 6.92. The van der Waals surface area contributed by atoms with Gasteiger partial charge in [-0.25, -0.2) is 0 Å². The van der Waals surface area contributed by atoms with E-state index in [0.717, 1.165) is 38.9 Å². The summed E-state index contributed by atoms with van der Waals surface area (Å²) in [5.74, 6) is -1.24. The van der Waals surface area contributed by atoms with Crippen LogP contribution in [0.2, 0.25) is 0 Å². The van der Waals surface area contributed by atoms with Crippen LogP contribution >= 0.6 is 0 Å². The average molecular weight is 530 g/mol. The molecule has 0 saturated carbocycles. The number of aromatic nitrogens is 3. The van der Waals surface area contributed by atoms with Crippen LogP contribution < -0.4 is 10.6 Å². The van der Waals surface area contributed by atoms with E-state index in [1.165, 1.54) is 0 Å². The topological polar surface area (TPSA) is 118 Å². The van der Waals surface area contributed by atoms with Crippen LogP contribution in [0.3, 0.4) is 0 Å². The molecule has 1 unspecified atom stereocenters. The van der Waals surface area contributed by atoms with Gasteiger partial charge in [-0.05, 0) is 81.0 Å². The van der Waals surface area contributed by atoms with Gasteiger partial charge in [-0.1, -0.05) is 18.2 Å². The molecule has 2 aromatic carbocycles. The number of hydrogen-bond acceptors (Lipinski definition) is 4. The molecular weight excluding hydrogens is 494 g/mol. The first-order chi connectivity index (χ1) is 18.6. The first-order valence-electron chi connectivity index (χ1n) is 13.1. The maximum Gasteiger partial charge on any atom is 0.303 e. The number of carboxylic acid groups (broad SMARTS) is 1. The molecule has 204 valence electrons. The summed E-state index contributed by atoms with van der Waals surface area (Å²) in [7, 11) is 1.59. The number of carbonyl (C=O) groups excluding carboxylic acids is 2. The fourth-order valence-corrected chi connectivity index (χ4v) is 4.77. The lowest BCUT2D eigenvalue weighted by Gasteiger charge is -2.18. The number of amides is 2. The molecule has 2 amide bonds. The molecule has 0 aliphatic carbocycles. The van der Waals surface area contributed by atoms with E-state index in [2.05, 4.69) is 15.7 Å². The highest BCUT2D eigenvalue weighted by Gasteiger charge is 2.20. The number of anilines is 1. The zero-order chi connectivity index (χ0) is 28.3. The number of nitrogens with zero attached hydrogens (tertiary/aromatic N) is 3. The Morgan fingerprint density at radius 1 is 1.03 bits per heavy atom. The van der Waals surface area contributed by atoms with Crippen LogP contribution in [0.4, 0.5) is 5.69 Å². The Balaban J connectivity index is 1.63. The minimum Gasteiger partial charge on any atom is -0.481 e. The zero-order valence-corrected chi connectivity index (χ0v) is 23.0. The smallest absolute Gasteiger partial charge is 0.303 e. The molecule has 0 bridgehead atoms. The molecule has 3 N–H and O–H groups in total. The SMILES string of the molecule is CNC(=O)c1ccc2c(C)cn(C(C)C(=O)Nc3cc(Cn4cc(C)c(C)n4)ccc3CCCC(=O)O)c2c1. The van der Waals surface area contributed by atoms with Crippen LogP contribution in [-0.4, -0.2) is 44.3 Å². The number of nitrogens with one attached hydrogen (secondary N) is 2. The van der Waals surface area contributed by atoms with Gasteiger partial charge in [0.2, 0.25) is 5.91 Å². The third kappa shape index (κ3) is 6.19. The summed E-state index contributed by atoms with van der Waals surface area (Å²) in [6.45, 7) is 8.33. The van der Waals surface area contributed by atoms with E-state index in [0.29, 0.717) is 30.6 Å². The van der Waals surface area contributed by atoms with Gasteiger partial charge in [-0.2, -0.15) is 5.10 Å². The Morgan fingerprint density at radius 3 is 2.46 bits per heavy atom. The molecule has 0 aliphatic heterocycles. The van der Waals surface area contributed by atoms with Gasteiger partial charge in [0.1, 0.15) is 6.04 Å². The summed E-state index contributed by atoms with van der Waals surface area (Å²) in [4.78, 5) is 36.9. The second kappa shape index (κ2) is 11.6. The molecule has 1 atom stereocenters. The maximum atomic E-state index is 13.6. The Hall–Kier alpha value is -4.40. The van der Waals surface area contributed by atoms with Crippen molar-refractivity contribution < 1.29 is 19.5 Å². The molecule has 9 heteroatoms. The lowest BCUT2D eigenvalue weighted by atomic mass is 10.0. The fourth-order valence-electron chi connectivity index (χ4n) is 4.77. The van der Waals surface area contributed by atoms with Crippen molar-refractivity contribution in [1.29, 1.82) is 0 Å². The van der Waals surface area contributed by atoms with Gasteiger partial charge in [-0.3, -0.25) is 19.1 Å². The predicted molar refractivity (Wildman–Crippen MR) is 151 cm³/mol. The Kier molecular flexibility index (Phi) is 8.18. The minimum atomic E-state index is -0.846.